The average molecular weight is 891 g/mol. The summed E-state index contributed by atoms with van der Waals surface area (Å²) in [6.45, 7) is 44.2. The maximum atomic E-state index is 3.77. The van der Waals surface area contributed by atoms with Gasteiger partial charge in [-0.2, -0.15) is 0 Å². The Morgan fingerprint density at radius 1 is 0.242 bits per heavy atom. The van der Waals surface area contributed by atoms with Crippen molar-refractivity contribution >= 4 is 16.1 Å². The van der Waals surface area contributed by atoms with Crippen LogP contribution in [-0.2, 0) is 0 Å². The van der Waals surface area contributed by atoms with Crippen LogP contribution in [0.2, 0.25) is 36.3 Å². The molecule has 0 atom stereocenters. The third kappa shape index (κ3) is 24.0. The first kappa shape index (κ1) is 58.7. The Kier molecular flexibility index (Phi) is 27.3. The summed E-state index contributed by atoms with van der Waals surface area (Å²) in [5.41, 5.74) is 19.1. The van der Waals surface area contributed by atoms with E-state index in [9.17, 15) is 0 Å². The van der Waals surface area contributed by atoms with Crippen molar-refractivity contribution in [1.82, 2.24) is 0 Å². The van der Waals surface area contributed by atoms with Crippen LogP contribution in [0, 0.1) is 165 Å². The highest BCUT2D eigenvalue weighted by atomic mass is 28.3. The van der Waals surface area contributed by atoms with Gasteiger partial charge < -0.3 is 0 Å². The summed E-state index contributed by atoms with van der Waals surface area (Å²) in [6, 6.07) is 0. The van der Waals surface area contributed by atoms with Gasteiger partial charge in [0.25, 0.3) is 0 Å². The first-order valence-corrected chi connectivity index (χ1v) is 27.8. The Balaban J connectivity index is 6.12. The molecule has 66 heavy (non-hydrogen) atoms. The highest BCUT2D eigenvalue weighted by molar-refractivity contribution is 6.90. The maximum Gasteiger partial charge on any atom is 0.146 e. The smallest absolute Gasteiger partial charge is 0.126 e. The molecule has 0 saturated heterocycles. The molecular formula is C64H66Si2. The monoisotopic (exact) mass is 890 g/mol. The predicted molar refractivity (Wildman–Crippen MR) is 294 cm³/mol. The summed E-state index contributed by atoms with van der Waals surface area (Å²) < 4.78 is 0. The summed E-state index contributed by atoms with van der Waals surface area (Å²) in [7, 11) is -3.38. The Labute approximate surface area is 406 Å². The van der Waals surface area contributed by atoms with Gasteiger partial charge in [0.1, 0.15) is 16.1 Å². The molecule has 0 aliphatic heterocycles. The van der Waals surface area contributed by atoms with Crippen molar-refractivity contribution in [2.75, 3.05) is 0 Å². The molecule has 0 aliphatic carbocycles. The van der Waals surface area contributed by atoms with Crippen molar-refractivity contribution in [2.24, 2.45) is 0 Å². The summed E-state index contributed by atoms with van der Waals surface area (Å²) in [5.74, 6) is 77.4. The second-order valence-corrected chi connectivity index (χ2v) is 28.7. The molecule has 2 heteroatoms. The van der Waals surface area contributed by atoms with Crippen molar-refractivity contribution in [3.8, 4) is 165 Å². The van der Waals surface area contributed by atoms with Gasteiger partial charge in [0, 0.05) is 0 Å². The first-order valence-electron chi connectivity index (χ1n) is 22.1. The zero-order valence-corrected chi connectivity index (χ0v) is 45.7. The van der Waals surface area contributed by atoms with Gasteiger partial charge in [-0.3, -0.25) is 0 Å². The molecular weight excluding hydrogens is 825 g/mol. The molecule has 0 fully saturated rings. The summed E-state index contributed by atoms with van der Waals surface area (Å²) in [4.78, 5) is 0. The van der Waals surface area contributed by atoms with E-state index in [4.69, 9.17) is 0 Å². The Morgan fingerprint density at radius 3 is 0.591 bits per heavy atom. The molecule has 330 valence electrons. The fourth-order valence-corrected chi connectivity index (χ4v) is 11.3. The molecule has 0 aromatic rings. The summed E-state index contributed by atoms with van der Waals surface area (Å²) >= 11 is 0. The molecule has 0 spiro atoms. The van der Waals surface area contributed by atoms with Gasteiger partial charge in [-0.1, -0.05) is 106 Å². The standard InChI is InChI=1S/C64H66Si2/c1-50(2)59(38-28-30-40-61(52(5)6)42-32-34-44-63(54(9)10)46-48-65(19,20)21)36-26-24-22-23-25-27-37-60(51(3)4)39-29-31-41-62(53(7)8)43-33-35-45-64(55(11)12)47-49-66(56(13)14,57(15)16)58(17)18/h56-58H,1-21H3. The van der Waals surface area contributed by atoms with Crippen LogP contribution >= 0.6 is 0 Å². The molecule has 0 heterocycles. The topological polar surface area (TPSA) is 0 Å². The number of hydrogen-bond donors (Lipinski definition) is 0. The molecule has 0 bridgehead atoms. The Morgan fingerprint density at radius 2 is 0.409 bits per heavy atom. The third-order valence-electron chi connectivity index (χ3n) is 9.27. The van der Waals surface area contributed by atoms with E-state index in [0.29, 0.717) is 38.9 Å². The minimum absolute atomic E-state index is 0.552. The molecule has 0 amide bonds. The zero-order valence-electron chi connectivity index (χ0n) is 43.7. The largest absolute Gasteiger partial charge is 0.146 e. The molecule has 0 aromatic heterocycles. The van der Waals surface area contributed by atoms with Gasteiger partial charge in [-0.25, -0.2) is 0 Å². The van der Waals surface area contributed by atoms with E-state index in [0.717, 1.165) is 44.6 Å². The lowest BCUT2D eigenvalue weighted by Crippen LogP contribution is -2.43. The average Bonchev–Trinajstić information content (AvgIpc) is 3.20. The fraction of sp³-hybridized carbons (Fsp3) is 0.375. The van der Waals surface area contributed by atoms with Crippen molar-refractivity contribution < 1.29 is 0 Å². The Hall–Kier alpha value is -7.29. The zero-order chi connectivity index (χ0) is 50.5. The fourth-order valence-electron chi connectivity index (χ4n) is 5.60. The normalized spacial score (nSPS) is 8.61. The van der Waals surface area contributed by atoms with Gasteiger partial charge in [0.2, 0.25) is 0 Å². The minimum atomic E-state index is -1.87. The molecule has 0 aromatic carbocycles. The van der Waals surface area contributed by atoms with E-state index in [1.807, 2.05) is 83.1 Å². The quantitative estimate of drug-likeness (QED) is 0.196. The van der Waals surface area contributed by atoms with Crippen LogP contribution < -0.4 is 0 Å². The Bertz CT molecular complexity index is 3000. The van der Waals surface area contributed by atoms with E-state index in [-0.39, 0.29) is 0 Å². The molecule has 0 N–H and O–H groups in total. The number of hydrogen-bond acceptors (Lipinski definition) is 0. The van der Waals surface area contributed by atoms with E-state index < -0.39 is 16.1 Å². The van der Waals surface area contributed by atoms with Gasteiger partial charge in [0.15, 0.2) is 0 Å². The molecule has 0 radical (unpaired) electrons. The van der Waals surface area contributed by atoms with Crippen LogP contribution in [-0.4, -0.2) is 16.1 Å². The van der Waals surface area contributed by atoms with Crippen LogP contribution in [0.4, 0.5) is 0 Å². The highest BCUT2D eigenvalue weighted by Gasteiger charge is 2.41. The van der Waals surface area contributed by atoms with Crippen LogP contribution in [0.5, 0.6) is 0 Å². The van der Waals surface area contributed by atoms with Gasteiger partial charge in [-0.05, 0) is 242 Å². The minimum Gasteiger partial charge on any atom is -0.126 e. The van der Waals surface area contributed by atoms with Gasteiger partial charge in [0.05, 0.1) is 33.4 Å². The van der Waals surface area contributed by atoms with Crippen LogP contribution in [0.3, 0.4) is 0 Å². The van der Waals surface area contributed by atoms with Crippen molar-refractivity contribution in [2.45, 2.75) is 161 Å². The second kappa shape index (κ2) is 30.7. The van der Waals surface area contributed by atoms with Crippen LogP contribution in [0.25, 0.3) is 0 Å². The van der Waals surface area contributed by atoms with Gasteiger partial charge in [-0.15, -0.1) is 11.1 Å². The SMILES string of the molecule is CC(C)=C(C#CC#CC#CC#CC(C#CC#CC(C#CC#CC(C#C[Si](C(C)C)(C(C)C)C(C)C)=C(C)C)=C(C)C)=C(C)C)C#CC#CC(C#CC#CC(C#C[Si](C)(C)C)=C(C)C)=C(C)C. The molecule has 0 rings (SSSR count). The lowest BCUT2D eigenvalue weighted by molar-refractivity contribution is 0.838. The third-order valence-corrected chi connectivity index (χ3v) is 16.4. The first-order chi connectivity index (χ1) is 30.9. The van der Waals surface area contributed by atoms with Crippen LogP contribution in [0.1, 0.15) is 125 Å². The maximum absolute atomic E-state index is 3.77. The molecule has 0 aliphatic rings. The van der Waals surface area contributed by atoms with Crippen molar-refractivity contribution in [3.63, 3.8) is 0 Å². The molecule has 0 unspecified atom stereocenters. The van der Waals surface area contributed by atoms with Crippen molar-refractivity contribution in [1.29, 1.82) is 0 Å². The second-order valence-electron chi connectivity index (χ2n) is 18.4. The van der Waals surface area contributed by atoms with Crippen molar-refractivity contribution in [3.05, 3.63) is 66.9 Å². The van der Waals surface area contributed by atoms with E-state index in [1.54, 1.807) is 0 Å². The van der Waals surface area contributed by atoms with Gasteiger partial charge >= 0.3 is 0 Å². The molecule has 0 saturated carbocycles. The van der Waals surface area contributed by atoms with E-state index >= 15 is 0 Å². The lowest BCUT2D eigenvalue weighted by atomic mass is 10.1. The van der Waals surface area contributed by atoms with E-state index in [2.05, 4.69) is 226 Å². The van der Waals surface area contributed by atoms with Crippen LogP contribution in [0.15, 0.2) is 66.9 Å². The number of rotatable bonds is 3. The molecule has 0 nitrogen and oxygen atoms in total. The lowest BCUT2D eigenvalue weighted by Gasteiger charge is -2.38. The highest BCUT2D eigenvalue weighted by Crippen LogP contribution is 2.40. The summed E-state index contributed by atoms with van der Waals surface area (Å²) in [6.07, 6.45) is 0. The number of allylic oxidation sites excluding steroid dienone is 12. The van der Waals surface area contributed by atoms with E-state index in [1.165, 1.54) is 0 Å². The predicted octanol–water partition coefficient (Wildman–Crippen LogP) is 13.1. The summed E-state index contributed by atoms with van der Waals surface area (Å²) in [5, 5.41) is 0.